The molecule has 9 nitrogen and oxygen atoms in total. The molecule has 5 rings (SSSR count). The summed E-state index contributed by atoms with van der Waals surface area (Å²) in [6.07, 6.45) is 4.11. The third kappa shape index (κ3) is 5.46. The normalized spacial score (nSPS) is 20.0. The van der Waals surface area contributed by atoms with E-state index in [4.69, 9.17) is 5.11 Å². The van der Waals surface area contributed by atoms with Crippen LogP contribution in [0.2, 0.25) is 0 Å². The monoisotopic (exact) mass is 513 g/mol. The van der Waals surface area contributed by atoms with Crippen LogP contribution in [0.15, 0.2) is 66.9 Å². The Bertz CT molecular complexity index is 1310. The van der Waals surface area contributed by atoms with Gasteiger partial charge in [-0.1, -0.05) is 36.4 Å². The number of fused-ring (bicyclic) bond motifs is 2. The molecule has 0 spiro atoms. The van der Waals surface area contributed by atoms with Gasteiger partial charge in [-0.3, -0.25) is 14.9 Å². The van der Waals surface area contributed by atoms with E-state index in [0.29, 0.717) is 28.9 Å². The number of carboxylic acid groups (broad SMARTS) is 1. The minimum Gasteiger partial charge on any atom is -0.465 e. The number of carbonyl (C=O) groups excluding carboxylic acids is 2. The maximum absolute atomic E-state index is 13.1. The fourth-order valence-corrected chi connectivity index (χ4v) is 5.62. The molecule has 4 N–H and O–H groups in total. The molecule has 9 heteroatoms. The van der Waals surface area contributed by atoms with Crippen LogP contribution in [0.3, 0.4) is 0 Å². The summed E-state index contributed by atoms with van der Waals surface area (Å²) in [6.45, 7) is 2.20. The predicted molar refractivity (Wildman–Crippen MR) is 144 cm³/mol. The van der Waals surface area contributed by atoms with E-state index in [1.807, 2.05) is 42.5 Å². The number of benzene rings is 2. The van der Waals surface area contributed by atoms with E-state index in [1.165, 1.54) is 0 Å². The van der Waals surface area contributed by atoms with E-state index in [1.54, 1.807) is 31.3 Å². The number of rotatable bonds is 7. The third-order valence-corrected chi connectivity index (χ3v) is 7.46. The van der Waals surface area contributed by atoms with Gasteiger partial charge in [-0.25, -0.2) is 9.78 Å². The molecule has 3 amide bonds. The number of aromatic nitrogens is 1. The van der Waals surface area contributed by atoms with Crippen LogP contribution < -0.4 is 20.9 Å². The van der Waals surface area contributed by atoms with Gasteiger partial charge >= 0.3 is 6.09 Å². The van der Waals surface area contributed by atoms with Crippen LogP contribution in [-0.2, 0) is 6.54 Å². The highest BCUT2D eigenvalue weighted by Crippen LogP contribution is 2.38. The van der Waals surface area contributed by atoms with Crippen LogP contribution in [0.1, 0.15) is 57.5 Å². The Balaban J connectivity index is 1.20. The molecule has 38 heavy (non-hydrogen) atoms. The minimum absolute atomic E-state index is 0.0229. The first kappa shape index (κ1) is 25.3. The lowest BCUT2D eigenvalue weighted by molar-refractivity contribution is 0.0924. The lowest BCUT2D eigenvalue weighted by atomic mass is 9.96. The predicted octanol–water partition coefficient (Wildman–Crippen LogP) is 4.34. The lowest BCUT2D eigenvalue weighted by Gasteiger charge is -2.40. The van der Waals surface area contributed by atoms with Gasteiger partial charge in [-0.2, -0.15) is 0 Å². The Morgan fingerprint density at radius 2 is 1.68 bits per heavy atom. The summed E-state index contributed by atoms with van der Waals surface area (Å²) >= 11 is 0. The quantitative estimate of drug-likeness (QED) is 0.373. The van der Waals surface area contributed by atoms with E-state index < -0.39 is 6.09 Å². The van der Waals surface area contributed by atoms with Crippen molar-refractivity contribution in [2.75, 3.05) is 10.2 Å². The molecule has 2 saturated heterocycles. The van der Waals surface area contributed by atoms with Gasteiger partial charge in [0.05, 0.1) is 5.56 Å². The standard InChI is InChI=1S/C29H31N5O4/c1-18-24(8-5-9-25(18)33-29(37)38)28(36)32-21-14-22-11-12-23(15-21)34(22)26-13-10-20(17-30-26)27(35)31-16-19-6-3-2-4-7-19/h2-10,13,17,21-23,33H,11-12,14-16H2,1H3,(H,31,35)(H,32,36)(H,37,38)/t21?,22-,23+. The molecule has 2 aliphatic rings. The van der Waals surface area contributed by atoms with Gasteiger partial charge in [0, 0.05) is 42.1 Å². The summed E-state index contributed by atoms with van der Waals surface area (Å²) in [5, 5.41) is 17.5. The van der Waals surface area contributed by atoms with Crippen molar-refractivity contribution in [3.05, 3.63) is 89.1 Å². The molecule has 2 bridgehead atoms. The molecule has 2 aromatic carbocycles. The Labute approximate surface area is 221 Å². The van der Waals surface area contributed by atoms with Gasteiger partial charge in [0.25, 0.3) is 11.8 Å². The molecule has 1 unspecified atom stereocenters. The number of anilines is 2. The topological polar surface area (TPSA) is 124 Å². The van der Waals surface area contributed by atoms with Gasteiger partial charge in [-0.15, -0.1) is 0 Å². The van der Waals surface area contributed by atoms with E-state index in [-0.39, 0.29) is 29.9 Å². The zero-order valence-electron chi connectivity index (χ0n) is 21.2. The van der Waals surface area contributed by atoms with Gasteiger partial charge in [-0.05, 0) is 68.0 Å². The molecular weight excluding hydrogens is 482 g/mol. The maximum Gasteiger partial charge on any atom is 0.409 e. The van der Waals surface area contributed by atoms with Crippen LogP contribution in [0.25, 0.3) is 0 Å². The van der Waals surface area contributed by atoms with Crippen molar-refractivity contribution in [3.63, 3.8) is 0 Å². The minimum atomic E-state index is -1.16. The summed E-state index contributed by atoms with van der Waals surface area (Å²) in [4.78, 5) is 43.6. The molecule has 3 heterocycles. The first-order valence-corrected chi connectivity index (χ1v) is 12.9. The number of nitrogens with one attached hydrogen (secondary N) is 3. The first-order valence-electron chi connectivity index (χ1n) is 12.9. The number of nitrogens with zero attached hydrogens (tertiary/aromatic N) is 2. The number of amides is 3. The van der Waals surface area contributed by atoms with Crippen molar-refractivity contribution in [1.82, 2.24) is 15.6 Å². The summed E-state index contributed by atoms with van der Waals surface area (Å²) in [7, 11) is 0. The van der Waals surface area contributed by atoms with Crippen molar-refractivity contribution < 1.29 is 19.5 Å². The summed E-state index contributed by atoms with van der Waals surface area (Å²) in [5.74, 6) is 0.499. The fourth-order valence-electron chi connectivity index (χ4n) is 5.62. The lowest BCUT2D eigenvalue weighted by Crippen LogP contribution is -2.50. The maximum atomic E-state index is 13.1. The number of hydrogen-bond donors (Lipinski definition) is 4. The fraction of sp³-hybridized carbons (Fsp3) is 0.310. The van der Waals surface area contributed by atoms with Crippen LogP contribution in [0.4, 0.5) is 16.3 Å². The van der Waals surface area contributed by atoms with Crippen molar-refractivity contribution in [2.24, 2.45) is 0 Å². The second-order valence-electron chi connectivity index (χ2n) is 9.92. The van der Waals surface area contributed by atoms with Crippen LogP contribution in [0, 0.1) is 6.92 Å². The molecule has 0 radical (unpaired) electrons. The average Bonchev–Trinajstić information content (AvgIpc) is 3.18. The van der Waals surface area contributed by atoms with Crippen molar-refractivity contribution in [2.45, 2.75) is 57.3 Å². The smallest absolute Gasteiger partial charge is 0.409 e. The zero-order chi connectivity index (χ0) is 26.6. The Morgan fingerprint density at radius 3 is 2.34 bits per heavy atom. The molecule has 1 aromatic heterocycles. The SMILES string of the molecule is Cc1c(NC(=O)O)cccc1C(=O)NC1C[C@H]2CC[C@@H](C1)N2c1ccc(C(=O)NCc2ccccc2)cn1. The number of piperidine rings is 1. The van der Waals surface area contributed by atoms with Crippen molar-refractivity contribution >= 4 is 29.4 Å². The summed E-state index contributed by atoms with van der Waals surface area (Å²) < 4.78 is 0. The summed E-state index contributed by atoms with van der Waals surface area (Å²) in [6, 6.07) is 19.1. The second-order valence-corrected chi connectivity index (χ2v) is 9.92. The molecule has 0 aliphatic carbocycles. The van der Waals surface area contributed by atoms with Gasteiger partial charge in [0.15, 0.2) is 0 Å². The molecule has 3 atom stereocenters. The average molecular weight is 514 g/mol. The molecule has 0 saturated carbocycles. The van der Waals surface area contributed by atoms with Crippen LogP contribution in [0.5, 0.6) is 0 Å². The van der Waals surface area contributed by atoms with Crippen molar-refractivity contribution in [1.29, 1.82) is 0 Å². The highest BCUT2D eigenvalue weighted by atomic mass is 16.4. The molecular formula is C29H31N5O4. The largest absolute Gasteiger partial charge is 0.465 e. The van der Waals surface area contributed by atoms with Gasteiger partial charge in [0.2, 0.25) is 0 Å². The molecule has 2 fully saturated rings. The van der Waals surface area contributed by atoms with E-state index >= 15 is 0 Å². The van der Waals surface area contributed by atoms with Crippen LogP contribution in [-0.4, -0.2) is 46.1 Å². The second kappa shape index (κ2) is 10.9. The van der Waals surface area contributed by atoms with Crippen molar-refractivity contribution in [3.8, 4) is 0 Å². The zero-order valence-corrected chi connectivity index (χ0v) is 21.2. The van der Waals surface area contributed by atoms with E-state index in [0.717, 1.165) is 37.1 Å². The van der Waals surface area contributed by atoms with E-state index in [2.05, 4.69) is 25.8 Å². The Morgan fingerprint density at radius 1 is 0.947 bits per heavy atom. The highest BCUT2D eigenvalue weighted by molar-refractivity contribution is 5.98. The Hall–Kier alpha value is -4.40. The molecule has 3 aromatic rings. The number of hydrogen-bond acceptors (Lipinski definition) is 5. The van der Waals surface area contributed by atoms with Crippen LogP contribution >= 0.6 is 0 Å². The Kier molecular flexibility index (Phi) is 7.26. The van der Waals surface area contributed by atoms with E-state index in [9.17, 15) is 14.4 Å². The first-order chi connectivity index (χ1) is 18.4. The number of carbonyl (C=O) groups is 3. The molecule has 2 aliphatic heterocycles. The van der Waals surface area contributed by atoms with Gasteiger partial charge in [0.1, 0.15) is 5.82 Å². The third-order valence-electron chi connectivity index (χ3n) is 7.46. The molecule has 196 valence electrons. The highest BCUT2D eigenvalue weighted by Gasteiger charge is 2.42. The number of pyridine rings is 1. The summed E-state index contributed by atoms with van der Waals surface area (Å²) in [5.41, 5.74) is 3.04. The van der Waals surface area contributed by atoms with Gasteiger partial charge < -0.3 is 20.6 Å².